The Labute approximate surface area is 93.4 Å². The third kappa shape index (κ3) is 3.02. The standard InChI is InChI=1S/C10H13NO3S/c1-6(12)7-2-8(4-11-3-7)10(14)9(13)5-15/h2-4,9-10,13-15H,5H2,1H3. The first-order chi connectivity index (χ1) is 7.06. The molecule has 0 amide bonds. The van der Waals surface area contributed by atoms with Crippen molar-refractivity contribution in [3.63, 3.8) is 0 Å². The van der Waals surface area contributed by atoms with Crippen molar-refractivity contribution in [2.75, 3.05) is 5.75 Å². The van der Waals surface area contributed by atoms with Crippen LogP contribution < -0.4 is 0 Å². The summed E-state index contributed by atoms with van der Waals surface area (Å²) < 4.78 is 0. The number of hydrogen-bond donors (Lipinski definition) is 3. The van der Waals surface area contributed by atoms with Gasteiger partial charge in [-0.1, -0.05) is 0 Å². The number of Topliss-reactive ketones (excluding diaryl/α,β-unsaturated/α-hetero) is 1. The molecule has 0 aliphatic rings. The predicted octanol–water partition coefficient (Wildman–Crippen LogP) is 0.608. The van der Waals surface area contributed by atoms with E-state index >= 15 is 0 Å². The summed E-state index contributed by atoms with van der Waals surface area (Å²) in [6.07, 6.45) is 0.821. The normalized spacial score (nSPS) is 14.7. The molecule has 0 fully saturated rings. The molecule has 2 unspecified atom stereocenters. The van der Waals surface area contributed by atoms with Crippen LogP contribution in [0.1, 0.15) is 28.9 Å². The highest BCUT2D eigenvalue weighted by molar-refractivity contribution is 7.80. The maximum Gasteiger partial charge on any atom is 0.161 e. The lowest BCUT2D eigenvalue weighted by molar-refractivity contribution is 0.0335. The van der Waals surface area contributed by atoms with Crippen LogP contribution in [0.5, 0.6) is 0 Å². The van der Waals surface area contributed by atoms with Crippen molar-refractivity contribution in [2.24, 2.45) is 0 Å². The number of carbonyl (C=O) groups excluding carboxylic acids is 1. The quantitative estimate of drug-likeness (QED) is 0.520. The van der Waals surface area contributed by atoms with E-state index in [4.69, 9.17) is 0 Å². The van der Waals surface area contributed by atoms with Crippen molar-refractivity contribution in [3.8, 4) is 0 Å². The minimum atomic E-state index is -1.06. The van der Waals surface area contributed by atoms with Gasteiger partial charge in [-0.05, 0) is 13.0 Å². The van der Waals surface area contributed by atoms with Crippen LogP contribution in [0.3, 0.4) is 0 Å². The van der Waals surface area contributed by atoms with Crippen molar-refractivity contribution in [1.29, 1.82) is 0 Å². The number of nitrogens with zero attached hydrogens (tertiary/aromatic N) is 1. The second kappa shape index (κ2) is 5.25. The van der Waals surface area contributed by atoms with Crippen molar-refractivity contribution in [1.82, 2.24) is 4.98 Å². The van der Waals surface area contributed by atoms with E-state index in [0.717, 1.165) is 0 Å². The highest BCUT2D eigenvalue weighted by Gasteiger charge is 2.17. The zero-order valence-electron chi connectivity index (χ0n) is 8.29. The summed E-state index contributed by atoms with van der Waals surface area (Å²) in [7, 11) is 0. The number of aromatic nitrogens is 1. The first-order valence-electron chi connectivity index (χ1n) is 4.49. The van der Waals surface area contributed by atoms with E-state index in [9.17, 15) is 15.0 Å². The summed E-state index contributed by atoms with van der Waals surface area (Å²) in [4.78, 5) is 14.9. The molecule has 0 aliphatic carbocycles. The molecule has 0 saturated heterocycles. The Kier molecular flexibility index (Phi) is 4.26. The van der Waals surface area contributed by atoms with E-state index in [1.165, 1.54) is 25.4 Å². The van der Waals surface area contributed by atoms with Crippen LogP contribution in [-0.2, 0) is 0 Å². The van der Waals surface area contributed by atoms with Gasteiger partial charge in [0.1, 0.15) is 6.10 Å². The van der Waals surface area contributed by atoms with Gasteiger partial charge in [0, 0.05) is 29.3 Å². The van der Waals surface area contributed by atoms with Gasteiger partial charge < -0.3 is 10.2 Å². The van der Waals surface area contributed by atoms with E-state index < -0.39 is 12.2 Å². The second-order valence-corrected chi connectivity index (χ2v) is 3.62. The fraction of sp³-hybridized carbons (Fsp3) is 0.400. The molecule has 15 heavy (non-hydrogen) atoms. The maximum atomic E-state index is 11.1. The van der Waals surface area contributed by atoms with E-state index in [1.54, 1.807) is 0 Å². The fourth-order valence-electron chi connectivity index (χ4n) is 1.13. The van der Waals surface area contributed by atoms with E-state index in [0.29, 0.717) is 11.1 Å². The van der Waals surface area contributed by atoms with Gasteiger partial charge in [0.15, 0.2) is 5.78 Å². The topological polar surface area (TPSA) is 70.4 Å². The Morgan fingerprint density at radius 2 is 2.20 bits per heavy atom. The first-order valence-corrected chi connectivity index (χ1v) is 5.12. The Morgan fingerprint density at radius 1 is 1.53 bits per heavy atom. The number of hydrogen-bond acceptors (Lipinski definition) is 5. The van der Waals surface area contributed by atoms with Crippen molar-refractivity contribution in [3.05, 3.63) is 29.6 Å². The van der Waals surface area contributed by atoms with E-state index in [2.05, 4.69) is 17.6 Å². The molecule has 1 aromatic rings. The number of aliphatic hydroxyl groups is 2. The summed E-state index contributed by atoms with van der Waals surface area (Å²) in [6, 6.07) is 1.52. The van der Waals surface area contributed by atoms with Gasteiger partial charge in [-0.2, -0.15) is 12.6 Å². The second-order valence-electron chi connectivity index (χ2n) is 3.26. The molecule has 2 N–H and O–H groups in total. The first kappa shape index (κ1) is 12.2. The number of ketones is 1. The van der Waals surface area contributed by atoms with Crippen molar-refractivity contribution >= 4 is 18.4 Å². The molecule has 0 saturated carbocycles. The van der Waals surface area contributed by atoms with Crippen LogP contribution in [0.25, 0.3) is 0 Å². The Balaban J connectivity index is 2.94. The minimum Gasteiger partial charge on any atom is -0.389 e. The van der Waals surface area contributed by atoms with Crippen LogP contribution in [0.15, 0.2) is 18.5 Å². The molecule has 82 valence electrons. The van der Waals surface area contributed by atoms with Crippen LogP contribution in [0, 0.1) is 0 Å². The Morgan fingerprint density at radius 3 is 2.73 bits per heavy atom. The summed E-state index contributed by atoms with van der Waals surface area (Å²) in [5.41, 5.74) is 0.835. The van der Waals surface area contributed by atoms with Crippen LogP contribution in [0.2, 0.25) is 0 Å². The largest absolute Gasteiger partial charge is 0.389 e. The third-order valence-corrected chi connectivity index (χ3v) is 2.43. The predicted molar refractivity (Wildman–Crippen MR) is 59.1 cm³/mol. The molecule has 4 nitrogen and oxygen atoms in total. The molecule has 0 aromatic carbocycles. The summed E-state index contributed by atoms with van der Waals surface area (Å²) in [5, 5.41) is 19.0. The Hall–Kier alpha value is -0.910. The third-order valence-electron chi connectivity index (χ3n) is 2.06. The molecule has 0 spiro atoms. The summed E-state index contributed by atoms with van der Waals surface area (Å²) in [6.45, 7) is 1.42. The lowest BCUT2D eigenvalue weighted by Crippen LogP contribution is -2.20. The SMILES string of the molecule is CC(=O)c1cncc(C(O)C(O)CS)c1. The smallest absolute Gasteiger partial charge is 0.161 e. The molecular weight excluding hydrogens is 214 g/mol. The molecule has 5 heteroatoms. The number of aliphatic hydroxyl groups excluding tert-OH is 2. The van der Waals surface area contributed by atoms with Gasteiger partial charge in [0.25, 0.3) is 0 Å². The van der Waals surface area contributed by atoms with Crippen LogP contribution in [0.4, 0.5) is 0 Å². The van der Waals surface area contributed by atoms with Crippen molar-refractivity contribution in [2.45, 2.75) is 19.1 Å². The molecule has 1 heterocycles. The molecular formula is C10H13NO3S. The summed E-state index contributed by atoms with van der Waals surface area (Å²) >= 11 is 3.87. The average molecular weight is 227 g/mol. The molecule has 1 rings (SSSR count). The number of carbonyl (C=O) groups is 1. The van der Waals surface area contributed by atoms with Gasteiger partial charge in [-0.3, -0.25) is 9.78 Å². The molecule has 1 aromatic heterocycles. The van der Waals surface area contributed by atoms with Crippen molar-refractivity contribution < 1.29 is 15.0 Å². The van der Waals surface area contributed by atoms with Gasteiger partial charge in [0.05, 0.1) is 6.10 Å². The van der Waals surface area contributed by atoms with Crippen LogP contribution >= 0.6 is 12.6 Å². The zero-order valence-corrected chi connectivity index (χ0v) is 9.19. The van der Waals surface area contributed by atoms with Gasteiger partial charge >= 0.3 is 0 Å². The lowest BCUT2D eigenvalue weighted by atomic mass is 10.0. The summed E-state index contributed by atoms with van der Waals surface area (Å²) in [5.74, 6) is 0.0165. The van der Waals surface area contributed by atoms with Gasteiger partial charge in [0.2, 0.25) is 0 Å². The molecule has 2 atom stereocenters. The van der Waals surface area contributed by atoms with Gasteiger partial charge in [-0.25, -0.2) is 0 Å². The monoisotopic (exact) mass is 227 g/mol. The van der Waals surface area contributed by atoms with E-state index in [-0.39, 0.29) is 11.5 Å². The highest BCUT2D eigenvalue weighted by Crippen LogP contribution is 2.17. The maximum absolute atomic E-state index is 11.1. The van der Waals surface area contributed by atoms with Gasteiger partial charge in [-0.15, -0.1) is 0 Å². The zero-order chi connectivity index (χ0) is 11.4. The number of pyridine rings is 1. The van der Waals surface area contributed by atoms with Crippen LogP contribution in [-0.4, -0.2) is 32.8 Å². The Bertz CT molecular complexity index is 356. The molecule has 0 radical (unpaired) electrons. The number of rotatable bonds is 4. The average Bonchev–Trinajstić information content (AvgIpc) is 2.27. The molecule has 0 aliphatic heterocycles. The number of thiol groups is 1. The molecule has 0 bridgehead atoms. The highest BCUT2D eigenvalue weighted by atomic mass is 32.1. The van der Waals surface area contributed by atoms with E-state index in [1.807, 2.05) is 0 Å². The fourth-order valence-corrected chi connectivity index (χ4v) is 1.33. The minimum absolute atomic E-state index is 0.128. The lowest BCUT2D eigenvalue weighted by Gasteiger charge is -2.15.